The SMILES string of the molecule is CCC(C)OC(=O)CC(C(=O)OC(C)CC)C(C)C(=O)O. The summed E-state index contributed by atoms with van der Waals surface area (Å²) < 4.78 is 10.3. The topological polar surface area (TPSA) is 89.9 Å². The van der Waals surface area contributed by atoms with Crippen molar-refractivity contribution in [2.24, 2.45) is 11.8 Å². The number of ether oxygens (including phenoxy) is 2. The van der Waals surface area contributed by atoms with Crippen molar-refractivity contribution < 1.29 is 29.0 Å². The molecular weight excluding hydrogens is 276 g/mol. The maximum absolute atomic E-state index is 12.1. The lowest BCUT2D eigenvalue weighted by Gasteiger charge is -2.21. The monoisotopic (exact) mass is 302 g/mol. The summed E-state index contributed by atoms with van der Waals surface area (Å²) in [5, 5.41) is 9.07. The lowest BCUT2D eigenvalue weighted by atomic mass is 9.91. The van der Waals surface area contributed by atoms with Crippen molar-refractivity contribution >= 4 is 17.9 Å². The highest BCUT2D eigenvalue weighted by Gasteiger charge is 2.34. The zero-order chi connectivity index (χ0) is 16.6. The smallest absolute Gasteiger partial charge is 0.310 e. The molecule has 0 spiro atoms. The summed E-state index contributed by atoms with van der Waals surface area (Å²) in [5.41, 5.74) is 0. The summed E-state index contributed by atoms with van der Waals surface area (Å²) in [6.45, 7) is 8.57. The predicted molar refractivity (Wildman–Crippen MR) is 76.6 cm³/mol. The Bertz CT molecular complexity index is 365. The number of carbonyl (C=O) groups excluding carboxylic acids is 2. The molecule has 0 aliphatic carbocycles. The van der Waals surface area contributed by atoms with Gasteiger partial charge in [0, 0.05) is 0 Å². The van der Waals surface area contributed by atoms with Crippen molar-refractivity contribution in [3.05, 3.63) is 0 Å². The number of hydrogen-bond acceptors (Lipinski definition) is 5. The Balaban J connectivity index is 4.86. The molecular formula is C15H26O6. The number of esters is 2. The van der Waals surface area contributed by atoms with Crippen molar-refractivity contribution in [3.8, 4) is 0 Å². The molecule has 0 rings (SSSR count). The largest absolute Gasteiger partial charge is 0.481 e. The van der Waals surface area contributed by atoms with Crippen molar-refractivity contribution in [2.45, 2.75) is 66.1 Å². The lowest BCUT2D eigenvalue weighted by Crippen LogP contribution is -2.33. The minimum absolute atomic E-state index is 0.260. The summed E-state index contributed by atoms with van der Waals surface area (Å²) in [6.07, 6.45) is 0.419. The third kappa shape index (κ3) is 7.11. The van der Waals surface area contributed by atoms with Crippen LogP contribution in [-0.4, -0.2) is 35.2 Å². The fourth-order valence-electron chi connectivity index (χ4n) is 1.54. The van der Waals surface area contributed by atoms with E-state index in [0.29, 0.717) is 12.8 Å². The molecule has 21 heavy (non-hydrogen) atoms. The molecule has 6 heteroatoms. The summed E-state index contributed by atoms with van der Waals surface area (Å²) in [6, 6.07) is 0. The van der Waals surface area contributed by atoms with Gasteiger partial charge in [0.1, 0.15) is 0 Å². The van der Waals surface area contributed by atoms with Crippen LogP contribution in [-0.2, 0) is 23.9 Å². The number of carboxylic acids is 1. The highest BCUT2D eigenvalue weighted by Crippen LogP contribution is 2.20. The Labute approximate surface area is 125 Å². The van der Waals surface area contributed by atoms with Crippen LogP contribution in [0.3, 0.4) is 0 Å². The first-order valence-corrected chi connectivity index (χ1v) is 7.35. The third-order valence-electron chi connectivity index (χ3n) is 3.48. The van der Waals surface area contributed by atoms with E-state index < -0.39 is 29.7 Å². The Morgan fingerprint density at radius 2 is 1.43 bits per heavy atom. The predicted octanol–water partition coefficient (Wildman–Crippen LogP) is 2.40. The molecule has 4 atom stereocenters. The van der Waals surface area contributed by atoms with Crippen molar-refractivity contribution in [2.75, 3.05) is 0 Å². The van der Waals surface area contributed by atoms with E-state index in [9.17, 15) is 14.4 Å². The van der Waals surface area contributed by atoms with Gasteiger partial charge in [0.05, 0.1) is 30.5 Å². The summed E-state index contributed by atoms with van der Waals surface area (Å²) >= 11 is 0. The molecule has 6 nitrogen and oxygen atoms in total. The molecule has 0 saturated carbocycles. The molecule has 0 bridgehead atoms. The Morgan fingerprint density at radius 3 is 1.86 bits per heavy atom. The van der Waals surface area contributed by atoms with Gasteiger partial charge in [-0.3, -0.25) is 14.4 Å². The zero-order valence-electron chi connectivity index (χ0n) is 13.4. The van der Waals surface area contributed by atoms with E-state index in [1.807, 2.05) is 13.8 Å². The summed E-state index contributed by atoms with van der Waals surface area (Å²) in [7, 11) is 0. The van der Waals surface area contributed by atoms with Crippen molar-refractivity contribution in [3.63, 3.8) is 0 Å². The zero-order valence-corrected chi connectivity index (χ0v) is 13.4. The third-order valence-corrected chi connectivity index (χ3v) is 3.48. The fourth-order valence-corrected chi connectivity index (χ4v) is 1.54. The Hall–Kier alpha value is -1.59. The van der Waals surface area contributed by atoms with Crippen LogP contribution in [0.1, 0.15) is 53.9 Å². The van der Waals surface area contributed by atoms with Crippen LogP contribution in [0.5, 0.6) is 0 Å². The van der Waals surface area contributed by atoms with Gasteiger partial charge in [-0.05, 0) is 26.7 Å². The molecule has 4 unspecified atom stereocenters. The normalized spacial score (nSPS) is 16.4. The maximum Gasteiger partial charge on any atom is 0.310 e. The van der Waals surface area contributed by atoms with Gasteiger partial charge in [-0.2, -0.15) is 0 Å². The molecule has 0 aliphatic heterocycles. The first kappa shape index (κ1) is 19.4. The van der Waals surface area contributed by atoms with Gasteiger partial charge in [0.15, 0.2) is 0 Å². The molecule has 0 saturated heterocycles. The average Bonchev–Trinajstić information content (AvgIpc) is 2.43. The van der Waals surface area contributed by atoms with Gasteiger partial charge in [0.25, 0.3) is 0 Å². The molecule has 122 valence electrons. The average molecular weight is 302 g/mol. The second kappa shape index (κ2) is 9.37. The van der Waals surface area contributed by atoms with E-state index in [4.69, 9.17) is 14.6 Å². The molecule has 0 aromatic heterocycles. The fraction of sp³-hybridized carbons (Fsp3) is 0.800. The molecule has 0 amide bonds. The maximum atomic E-state index is 12.1. The van der Waals surface area contributed by atoms with Gasteiger partial charge in [0.2, 0.25) is 0 Å². The Kier molecular flexibility index (Phi) is 8.66. The first-order valence-electron chi connectivity index (χ1n) is 7.35. The highest BCUT2D eigenvalue weighted by atomic mass is 16.6. The van der Waals surface area contributed by atoms with Gasteiger partial charge >= 0.3 is 17.9 Å². The minimum atomic E-state index is -1.14. The highest BCUT2D eigenvalue weighted by molar-refractivity contribution is 5.85. The van der Waals surface area contributed by atoms with E-state index in [0.717, 1.165) is 0 Å². The first-order chi connectivity index (χ1) is 9.72. The van der Waals surface area contributed by atoms with Crippen LogP contribution in [0.2, 0.25) is 0 Å². The lowest BCUT2D eigenvalue weighted by molar-refractivity contribution is -0.165. The van der Waals surface area contributed by atoms with Gasteiger partial charge in [-0.15, -0.1) is 0 Å². The Morgan fingerprint density at radius 1 is 0.952 bits per heavy atom. The molecule has 0 aromatic carbocycles. The van der Waals surface area contributed by atoms with Crippen LogP contribution in [0.25, 0.3) is 0 Å². The van der Waals surface area contributed by atoms with Gasteiger partial charge in [-0.1, -0.05) is 20.8 Å². The number of rotatable bonds is 9. The van der Waals surface area contributed by atoms with E-state index in [1.165, 1.54) is 6.92 Å². The summed E-state index contributed by atoms with van der Waals surface area (Å²) in [4.78, 5) is 34.9. The molecule has 0 aromatic rings. The number of aliphatic carboxylic acids is 1. The quantitative estimate of drug-likeness (QED) is 0.658. The second-order valence-corrected chi connectivity index (χ2v) is 5.30. The van der Waals surface area contributed by atoms with Crippen molar-refractivity contribution in [1.29, 1.82) is 0 Å². The summed E-state index contributed by atoms with van der Waals surface area (Å²) in [5.74, 6) is -4.43. The van der Waals surface area contributed by atoms with E-state index in [-0.39, 0.29) is 18.6 Å². The van der Waals surface area contributed by atoms with Crippen LogP contribution in [0, 0.1) is 11.8 Å². The standard InChI is InChI=1S/C15H26O6/c1-6-9(3)20-13(16)8-12(11(5)14(17)18)15(19)21-10(4)7-2/h9-12H,6-8H2,1-5H3,(H,17,18). The number of carboxylic acid groups (broad SMARTS) is 1. The molecule has 0 radical (unpaired) electrons. The van der Waals surface area contributed by atoms with Crippen molar-refractivity contribution in [1.82, 2.24) is 0 Å². The minimum Gasteiger partial charge on any atom is -0.481 e. The van der Waals surface area contributed by atoms with Gasteiger partial charge < -0.3 is 14.6 Å². The van der Waals surface area contributed by atoms with Crippen LogP contribution in [0.15, 0.2) is 0 Å². The number of carbonyl (C=O) groups is 3. The molecule has 0 heterocycles. The molecule has 0 aliphatic rings. The van der Waals surface area contributed by atoms with Crippen LogP contribution in [0.4, 0.5) is 0 Å². The van der Waals surface area contributed by atoms with Gasteiger partial charge in [-0.25, -0.2) is 0 Å². The second-order valence-electron chi connectivity index (χ2n) is 5.30. The van der Waals surface area contributed by atoms with Crippen LogP contribution < -0.4 is 0 Å². The number of hydrogen-bond donors (Lipinski definition) is 1. The van der Waals surface area contributed by atoms with E-state index in [1.54, 1.807) is 13.8 Å². The van der Waals surface area contributed by atoms with E-state index >= 15 is 0 Å². The van der Waals surface area contributed by atoms with E-state index in [2.05, 4.69) is 0 Å². The molecule has 0 fully saturated rings. The molecule has 1 N–H and O–H groups in total. The van der Waals surface area contributed by atoms with Crippen LogP contribution >= 0.6 is 0 Å².